The molecule has 1 aliphatic rings. The molecule has 2 atom stereocenters. The molecule has 18 heavy (non-hydrogen) atoms. The number of rotatable bonds is 5. The summed E-state index contributed by atoms with van der Waals surface area (Å²) in [6.07, 6.45) is 1.64. The van der Waals surface area contributed by atoms with Gasteiger partial charge in [-0.2, -0.15) is 0 Å². The lowest BCUT2D eigenvalue weighted by Crippen LogP contribution is -2.47. The summed E-state index contributed by atoms with van der Waals surface area (Å²) < 4.78 is 0. The maximum atomic E-state index is 11.9. The van der Waals surface area contributed by atoms with Crippen molar-refractivity contribution in [1.82, 2.24) is 10.6 Å². The van der Waals surface area contributed by atoms with E-state index in [-0.39, 0.29) is 24.3 Å². The molecule has 0 spiro atoms. The third-order valence-electron chi connectivity index (χ3n) is 3.13. The molecule has 1 aliphatic heterocycles. The van der Waals surface area contributed by atoms with Gasteiger partial charge in [0.15, 0.2) is 0 Å². The van der Waals surface area contributed by atoms with Crippen LogP contribution in [0.15, 0.2) is 0 Å². The first-order valence-electron chi connectivity index (χ1n) is 6.57. The van der Waals surface area contributed by atoms with E-state index in [1.807, 2.05) is 13.8 Å². The quantitative estimate of drug-likeness (QED) is 0.667. The fraction of sp³-hybridized carbons (Fsp3) is 0.846. The Morgan fingerprint density at radius 2 is 2.28 bits per heavy atom. The zero-order chi connectivity index (χ0) is 13.8. The first kappa shape index (κ1) is 15.0. The van der Waals surface area contributed by atoms with Crippen molar-refractivity contribution in [2.75, 3.05) is 13.1 Å². The molecule has 1 heterocycles. The number of carbonyl (C=O) groups is 2. The fourth-order valence-electron chi connectivity index (χ4n) is 2.33. The zero-order valence-corrected chi connectivity index (χ0v) is 11.5. The summed E-state index contributed by atoms with van der Waals surface area (Å²) in [4.78, 5) is 22.9. The highest BCUT2D eigenvalue weighted by Gasteiger charge is 2.27. The van der Waals surface area contributed by atoms with Gasteiger partial charge in [-0.15, -0.1) is 0 Å². The van der Waals surface area contributed by atoms with Gasteiger partial charge in [0.2, 0.25) is 11.8 Å². The van der Waals surface area contributed by atoms with Gasteiger partial charge in [0.05, 0.1) is 11.5 Å². The lowest BCUT2D eigenvalue weighted by atomic mass is 9.93. The van der Waals surface area contributed by atoms with E-state index in [9.17, 15) is 14.7 Å². The Labute approximate surface area is 108 Å². The van der Waals surface area contributed by atoms with Crippen LogP contribution in [-0.2, 0) is 9.59 Å². The number of hydrogen-bond donors (Lipinski definition) is 3. The summed E-state index contributed by atoms with van der Waals surface area (Å²) in [5.74, 6) is 0.133. The molecule has 0 aromatic heterocycles. The Morgan fingerprint density at radius 3 is 2.78 bits per heavy atom. The van der Waals surface area contributed by atoms with Gasteiger partial charge in [-0.25, -0.2) is 0 Å². The number of hydrogen-bond acceptors (Lipinski definition) is 3. The molecular formula is C13H24N2O3. The van der Waals surface area contributed by atoms with E-state index in [4.69, 9.17) is 0 Å². The first-order chi connectivity index (χ1) is 8.30. The fourth-order valence-corrected chi connectivity index (χ4v) is 2.33. The van der Waals surface area contributed by atoms with Crippen molar-refractivity contribution >= 4 is 11.8 Å². The Hall–Kier alpha value is -1.10. The number of carbonyl (C=O) groups excluding carboxylic acids is 2. The third-order valence-corrected chi connectivity index (χ3v) is 3.13. The van der Waals surface area contributed by atoms with Gasteiger partial charge in [0.1, 0.15) is 0 Å². The van der Waals surface area contributed by atoms with Crippen LogP contribution in [0.1, 0.15) is 40.0 Å². The SMILES string of the molecule is CC(C)CC(C)(O)CNC(=O)C1CCC(=O)NC1. The minimum absolute atomic E-state index is 0.00542. The van der Waals surface area contributed by atoms with Gasteiger partial charge in [0, 0.05) is 19.5 Å². The van der Waals surface area contributed by atoms with Crippen LogP contribution in [0.25, 0.3) is 0 Å². The van der Waals surface area contributed by atoms with Crippen molar-refractivity contribution < 1.29 is 14.7 Å². The van der Waals surface area contributed by atoms with E-state index in [0.29, 0.717) is 31.7 Å². The summed E-state index contributed by atoms with van der Waals surface area (Å²) in [6.45, 7) is 6.46. The first-order valence-corrected chi connectivity index (χ1v) is 6.57. The maximum Gasteiger partial charge on any atom is 0.225 e. The van der Waals surface area contributed by atoms with Crippen LogP contribution in [-0.4, -0.2) is 35.6 Å². The molecule has 2 amide bonds. The Morgan fingerprint density at radius 1 is 1.61 bits per heavy atom. The minimum Gasteiger partial charge on any atom is -0.388 e. The summed E-state index contributed by atoms with van der Waals surface area (Å²) in [5.41, 5.74) is -0.873. The number of nitrogens with one attached hydrogen (secondary N) is 2. The molecule has 0 aromatic rings. The molecule has 0 saturated carbocycles. The summed E-state index contributed by atoms with van der Waals surface area (Å²) >= 11 is 0. The van der Waals surface area contributed by atoms with Gasteiger partial charge in [0.25, 0.3) is 0 Å². The molecule has 1 saturated heterocycles. The van der Waals surface area contributed by atoms with Crippen LogP contribution in [0.3, 0.4) is 0 Å². The highest BCUT2D eigenvalue weighted by molar-refractivity contribution is 5.83. The standard InChI is InChI=1S/C13H24N2O3/c1-9(2)6-13(3,18)8-15-12(17)10-4-5-11(16)14-7-10/h9-10,18H,4-8H2,1-3H3,(H,14,16)(H,15,17). The topological polar surface area (TPSA) is 78.4 Å². The minimum atomic E-state index is -0.873. The van der Waals surface area contributed by atoms with Crippen molar-refractivity contribution in [3.8, 4) is 0 Å². The molecule has 0 bridgehead atoms. The van der Waals surface area contributed by atoms with Gasteiger partial charge >= 0.3 is 0 Å². The number of amides is 2. The number of piperidine rings is 1. The highest BCUT2D eigenvalue weighted by atomic mass is 16.3. The van der Waals surface area contributed by atoms with E-state index in [1.165, 1.54) is 0 Å². The average molecular weight is 256 g/mol. The van der Waals surface area contributed by atoms with E-state index >= 15 is 0 Å². The van der Waals surface area contributed by atoms with Crippen LogP contribution in [0.2, 0.25) is 0 Å². The lowest BCUT2D eigenvalue weighted by Gasteiger charge is -2.27. The molecule has 3 N–H and O–H groups in total. The predicted octanol–water partition coefficient (Wildman–Crippen LogP) is 0.426. The molecular weight excluding hydrogens is 232 g/mol. The molecule has 2 unspecified atom stereocenters. The van der Waals surface area contributed by atoms with Gasteiger partial charge < -0.3 is 15.7 Å². The van der Waals surface area contributed by atoms with Gasteiger partial charge in [-0.05, 0) is 25.7 Å². The Balaban J connectivity index is 2.34. The molecule has 1 fully saturated rings. The zero-order valence-electron chi connectivity index (χ0n) is 11.5. The van der Waals surface area contributed by atoms with Crippen LogP contribution >= 0.6 is 0 Å². The van der Waals surface area contributed by atoms with E-state index in [1.54, 1.807) is 6.92 Å². The van der Waals surface area contributed by atoms with Gasteiger partial charge in [-0.3, -0.25) is 9.59 Å². The second-order valence-electron chi connectivity index (χ2n) is 5.85. The van der Waals surface area contributed by atoms with Crippen LogP contribution in [0, 0.1) is 11.8 Å². The van der Waals surface area contributed by atoms with E-state index in [0.717, 1.165) is 0 Å². The van der Waals surface area contributed by atoms with Crippen LogP contribution in [0.5, 0.6) is 0 Å². The molecule has 1 rings (SSSR count). The van der Waals surface area contributed by atoms with Crippen LogP contribution in [0.4, 0.5) is 0 Å². The second kappa shape index (κ2) is 6.18. The van der Waals surface area contributed by atoms with Crippen molar-refractivity contribution in [3.63, 3.8) is 0 Å². The van der Waals surface area contributed by atoms with Crippen LogP contribution < -0.4 is 10.6 Å². The second-order valence-corrected chi connectivity index (χ2v) is 5.85. The summed E-state index contributed by atoms with van der Waals surface area (Å²) in [6, 6.07) is 0. The molecule has 0 aromatic carbocycles. The summed E-state index contributed by atoms with van der Waals surface area (Å²) in [5, 5.41) is 15.5. The smallest absolute Gasteiger partial charge is 0.225 e. The number of aliphatic hydroxyl groups is 1. The van der Waals surface area contributed by atoms with Gasteiger partial charge in [-0.1, -0.05) is 13.8 Å². The maximum absolute atomic E-state index is 11.9. The average Bonchev–Trinajstić information content (AvgIpc) is 2.25. The molecule has 5 heteroatoms. The Kier molecular flexibility index (Phi) is 5.14. The highest BCUT2D eigenvalue weighted by Crippen LogP contribution is 2.16. The van der Waals surface area contributed by atoms with Crippen molar-refractivity contribution in [2.24, 2.45) is 11.8 Å². The van der Waals surface area contributed by atoms with Crippen molar-refractivity contribution in [3.05, 3.63) is 0 Å². The van der Waals surface area contributed by atoms with Crippen molar-refractivity contribution in [2.45, 2.75) is 45.6 Å². The molecule has 104 valence electrons. The largest absolute Gasteiger partial charge is 0.388 e. The Bertz CT molecular complexity index is 303. The van der Waals surface area contributed by atoms with E-state index in [2.05, 4.69) is 10.6 Å². The normalized spacial score (nSPS) is 23.4. The summed E-state index contributed by atoms with van der Waals surface area (Å²) in [7, 11) is 0. The van der Waals surface area contributed by atoms with Crippen molar-refractivity contribution in [1.29, 1.82) is 0 Å². The lowest BCUT2D eigenvalue weighted by molar-refractivity contribution is -0.129. The van der Waals surface area contributed by atoms with E-state index < -0.39 is 5.60 Å². The predicted molar refractivity (Wildman–Crippen MR) is 68.8 cm³/mol. The third kappa shape index (κ3) is 5.04. The monoisotopic (exact) mass is 256 g/mol. The molecule has 5 nitrogen and oxygen atoms in total. The molecule has 0 radical (unpaired) electrons. The molecule has 0 aliphatic carbocycles.